The van der Waals surface area contributed by atoms with Crippen LogP contribution in [0.5, 0.6) is 0 Å². The molecule has 1 amide bonds. The standard InChI is InChI=1S/C9H10N2O2/c1-2-6-10-9(12)8-5-3-4-7-11(8)13/h2-5,7H,1,6H2,(H,10,12). The van der Waals surface area contributed by atoms with Crippen molar-refractivity contribution in [3.8, 4) is 0 Å². The molecule has 1 aromatic heterocycles. The average molecular weight is 178 g/mol. The molecule has 1 rings (SSSR count). The molecule has 0 spiro atoms. The number of nitrogens with zero attached hydrogens (tertiary/aromatic N) is 1. The second kappa shape index (κ2) is 4.25. The quantitative estimate of drug-likeness (QED) is 0.409. The molecule has 0 saturated carbocycles. The fourth-order valence-corrected chi connectivity index (χ4v) is 0.860. The molecular formula is C9H10N2O2. The van der Waals surface area contributed by atoms with Crippen LogP contribution in [0, 0.1) is 5.21 Å². The maximum atomic E-state index is 11.2. The normalized spacial score (nSPS) is 9.23. The van der Waals surface area contributed by atoms with Crippen LogP contribution >= 0.6 is 0 Å². The van der Waals surface area contributed by atoms with Gasteiger partial charge in [0, 0.05) is 18.7 Å². The van der Waals surface area contributed by atoms with E-state index in [2.05, 4.69) is 11.9 Å². The van der Waals surface area contributed by atoms with Gasteiger partial charge in [0.25, 0.3) is 5.69 Å². The predicted molar refractivity (Wildman–Crippen MR) is 47.9 cm³/mol. The number of pyridine rings is 1. The average Bonchev–Trinajstić information content (AvgIpc) is 2.15. The van der Waals surface area contributed by atoms with Crippen molar-refractivity contribution in [1.82, 2.24) is 5.32 Å². The van der Waals surface area contributed by atoms with E-state index < -0.39 is 5.91 Å². The summed E-state index contributed by atoms with van der Waals surface area (Å²) in [5.41, 5.74) is 0.0874. The van der Waals surface area contributed by atoms with Crippen molar-refractivity contribution in [3.05, 3.63) is 48.0 Å². The van der Waals surface area contributed by atoms with Crippen molar-refractivity contribution >= 4 is 5.91 Å². The minimum Gasteiger partial charge on any atom is -0.618 e. The summed E-state index contributed by atoms with van der Waals surface area (Å²) in [4.78, 5) is 11.2. The van der Waals surface area contributed by atoms with Crippen LogP contribution < -0.4 is 10.0 Å². The highest BCUT2D eigenvalue weighted by Crippen LogP contribution is 1.89. The molecule has 68 valence electrons. The number of amides is 1. The lowest BCUT2D eigenvalue weighted by Gasteiger charge is -2.02. The third kappa shape index (κ3) is 2.30. The first-order valence-corrected chi connectivity index (χ1v) is 3.83. The van der Waals surface area contributed by atoms with Gasteiger partial charge in [-0.05, 0) is 6.07 Å². The Balaban J connectivity index is 2.76. The van der Waals surface area contributed by atoms with Gasteiger partial charge < -0.3 is 10.5 Å². The summed E-state index contributed by atoms with van der Waals surface area (Å²) in [6, 6.07) is 4.67. The lowest BCUT2D eigenvalue weighted by molar-refractivity contribution is -0.607. The lowest BCUT2D eigenvalue weighted by atomic mass is 10.3. The van der Waals surface area contributed by atoms with Gasteiger partial charge in [0.15, 0.2) is 6.20 Å². The van der Waals surface area contributed by atoms with Gasteiger partial charge in [-0.1, -0.05) is 6.08 Å². The lowest BCUT2D eigenvalue weighted by Crippen LogP contribution is -2.39. The Morgan fingerprint density at radius 2 is 2.46 bits per heavy atom. The van der Waals surface area contributed by atoms with Gasteiger partial charge in [0.1, 0.15) is 0 Å². The van der Waals surface area contributed by atoms with Crippen LogP contribution in [0.2, 0.25) is 0 Å². The van der Waals surface area contributed by atoms with Crippen molar-refractivity contribution in [1.29, 1.82) is 0 Å². The van der Waals surface area contributed by atoms with E-state index in [1.54, 1.807) is 18.2 Å². The van der Waals surface area contributed by atoms with Crippen LogP contribution in [-0.2, 0) is 0 Å². The first-order chi connectivity index (χ1) is 6.25. The monoisotopic (exact) mass is 178 g/mol. The largest absolute Gasteiger partial charge is 0.618 e. The van der Waals surface area contributed by atoms with E-state index in [0.717, 1.165) is 0 Å². The molecule has 4 heteroatoms. The molecule has 0 fully saturated rings. The third-order valence-corrected chi connectivity index (χ3v) is 1.46. The molecule has 0 radical (unpaired) electrons. The molecule has 1 aromatic rings. The summed E-state index contributed by atoms with van der Waals surface area (Å²) in [6.07, 6.45) is 2.83. The fourth-order valence-electron chi connectivity index (χ4n) is 0.860. The summed E-state index contributed by atoms with van der Waals surface area (Å²) >= 11 is 0. The van der Waals surface area contributed by atoms with E-state index in [1.807, 2.05) is 0 Å². The number of rotatable bonds is 3. The third-order valence-electron chi connectivity index (χ3n) is 1.46. The number of aromatic nitrogens is 1. The Morgan fingerprint density at radius 1 is 1.69 bits per heavy atom. The molecule has 0 aliphatic carbocycles. The molecule has 0 atom stereocenters. The molecule has 0 aromatic carbocycles. The Kier molecular flexibility index (Phi) is 3.03. The summed E-state index contributed by atoms with van der Waals surface area (Å²) in [5, 5.41) is 13.6. The maximum Gasteiger partial charge on any atom is 0.317 e. The van der Waals surface area contributed by atoms with Gasteiger partial charge in [0.2, 0.25) is 0 Å². The van der Waals surface area contributed by atoms with E-state index >= 15 is 0 Å². The summed E-state index contributed by atoms with van der Waals surface area (Å²) in [6.45, 7) is 3.80. The molecule has 1 heterocycles. The zero-order valence-electron chi connectivity index (χ0n) is 7.06. The van der Waals surface area contributed by atoms with Crippen LogP contribution in [0.25, 0.3) is 0 Å². The minimum atomic E-state index is -0.393. The van der Waals surface area contributed by atoms with Gasteiger partial charge in [-0.3, -0.25) is 4.79 Å². The number of carbonyl (C=O) groups excluding carboxylic acids is 1. The van der Waals surface area contributed by atoms with Crippen LogP contribution in [-0.4, -0.2) is 12.5 Å². The van der Waals surface area contributed by atoms with Gasteiger partial charge in [0.05, 0.1) is 0 Å². The molecule has 13 heavy (non-hydrogen) atoms. The molecule has 0 aliphatic rings. The van der Waals surface area contributed by atoms with Gasteiger partial charge in [-0.2, -0.15) is 4.73 Å². The van der Waals surface area contributed by atoms with E-state index in [0.29, 0.717) is 11.3 Å². The SMILES string of the molecule is C=CCNC(=O)c1cccc[n+]1[O-]. The molecular weight excluding hydrogens is 168 g/mol. The molecule has 0 bridgehead atoms. The van der Waals surface area contributed by atoms with Crippen LogP contribution in [0.3, 0.4) is 0 Å². The van der Waals surface area contributed by atoms with Crippen molar-refractivity contribution in [2.45, 2.75) is 0 Å². The second-order valence-electron chi connectivity index (χ2n) is 2.41. The highest BCUT2D eigenvalue weighted by atomic mass is 16.5. The van der Waals surface area contributed by atoms with Gasteiger partial charge >= 0.3 is 5.91 Å². The highest BCUT2D eigenvalue weighted by molar-refractivity contribution is 5.90. The first kappa shape index (κ1) is 9.25. The molecule has 4 nitrogen and oxygen atoms in total. The zero-order valence-corrected chi connectivity index (χ0v) is 7.06. The maximum absolute atomic E-state index is 11.2. The molecule has 0 aliphatic heterocycles. The smallest absolute Gasteiger partial charge is 0.317 e. The van der Waals surface area contributed by atoms with Crippen molar-refractivity contribution < 1.29 is 9.52 Å². The highest BCUT2D eigenvalue weighted by Gasteiger charge is 2.12. The summed E-state index contributed by atoms with van der Waals surface area (Å²) in [5.74, 6) is -0.393. The summed E-state index contributed by atoms with van der Waals surface area (Å²) < 4.78 is 0.526. The number of carbonyl (C=O) groups is 1. The number of hydrogen-bond donors (Lipinski definition) is 1. The van der Waals surface area contributed by atoms with E-state index in [9.17, 15) is 10.0 Å². The van der Waals surface area contributed by atoms with Crippen LogP contribution in [0.1, 0.15) is 10.5 Å². The van der Waals surface area contributed by atoms with E-state index in [-0.39, 0.29) is 5.69 Å². The Bertz CT molecular complexity index is 323. The van der Waals surface area contributed by atoms with E-state index in [1.165, 1.54) is 12.3 Å². The molecule has 0 unspecified atom stereocenters. The van der Waals surface area contributed by atoms with Gasteiger partial charge in [-0.15, -0.1) is 6.58 Å². The Morgan fingerprint density at radius 3 is 3.08 bits per heavy atom. The molecule has 1 N–H and O–H groups in total. The zero-order chi connectivity index (χ0) is 9.68. The van der Waals surface area contributed by atoms with Crippen molar-refractivity contribution in [2.75, 3.05) is 6.54 Å². The van der Waals surface area contributed by atoms with Crippen molar-refractivity contribution in [3.63, 3.8) is 0 Å². The Hall–Kier alpha value is -1.84. The minimum absolute atomic E-state index is 0.0874. The fraction of sp³-hybridized carbons (Fsp3) is 0.111. The van der Waals surface area contributed by atoms with Gasteiger partial charge in [-0.25, -0.2) is 0 Å². The number of hydrogen-bond acceptors (Lipinski definition) is 2. The topological polar surface area (TPSA) is 56.0 Å². The second-order valence-corrected chi connectivity index (χ2v) is 2.41. The number of nitrogens with one attached hydrogen (secondary N) is 1. The first-order valence-electron chi connectivity index (χ1n) is 3.83. The van der Waals surface area contributed by atoms with Crippen LogP contribution in [0.15, 0.2) is 37.1 Å². The predicted octanol–water partition coefficient (Wildman–Crippen LogP) is 0.236. The van der Waals surface area contributed by atoms with Crippen LogP contribution in [0.4, 0.5) is 0 Å². The molecule has 0 saturated heterocycles. The van der Waals surface area contributed by atoms with E-state index in [4.69, 9.17) is 0 Å². The summed E-state index contributed by atoms with van der Waals surface area (Å²) in [7, 11) is 0. The Labute approximate surface area is 76.1 Å². The van der Waals surface area contributed by atoms with Crippen molar-refractivity contribution in [2.24, 2.45) is 0 Å².